The predicted molar refractivity (Wildman–Crippen MR) is 83.7 cm³/mol. The minimum absolute atomic E-state index is 0. The highest BCUT2D eigenvalue weighted by atomic mass is 35.5. The molecule has 1 aromatic rings. The van der Waals surface area contributed by atoms with E-state index in [0.717, 1.165) is 25.1 Å². The smallest absolute Gasteiger partial charge is 0.234 e. The summed E-state index contributed by atoms with van der Waals surface area (Å²) in [6.45, 7) is 5.42. The first-order valence-electron chi connectivity index (χ1n) is 6.94. The van der Waals surface area contributed by atoms with Gasteiger partial charge in [-0.3, -0.25) is 9.69 Å². The van der Waals surface area contributed by atoms with Gasteiger partial charge < -0.3 is 11.1 Å². The monoisotopic (exact) mass is 315 g/mol. The number of likely N-dealkylation sites (tertiary alicyclic amines) is 1. The fraction of sp³-hybridized carbons (Fsp3) is 0.533. The summed E-state index contributed by atoms with van der Waals surface area (Å²) in [6, 6.07) is 6.15. The van der Waals surface area contributed by atoms with E-state index in [4.69, 9.17) is 5.73 Å². The molecular weight excluding hydrogens is 293 g/mol. The molecule has 0 bridgehead atoms. The number of halogens is 2. The highest BCUT2D eigenvalue weighted by Gasteiger charge is 2.32. The van der Waals surface area contributed by atoms with Crippen molar-refractivity contribution in [3.63, 3.8) is 0 Å². The second-order valence-electron chi connectivity index (χ2n) is 5.88. The van der Waals surface area contributed by atoms with Crippen LogP contribution in [0.15, 0.2) is 24.3 Å². The predicted octanol–water partition coefficient (Wildman–Crippen LogP) is 1.53. The number of hydrogen-bond donors (Lipinski definition) is 2. The summed E-state index contributed by atoms with van der Waals surface area (Å²) in [5.74, 6) is -0.270. The van der Waals surface area contributed by atoms with Crippen molar-refractivity contribution in [2.45, 2.75) is 19.9 Å². The van der Waals surface area contributed by atoms with Gasteiger partial charge in [-0.05, 0) is 42.6 Å². The summed E-state index contributed by atoms with van der Waals surface area (Å²) in [5, 5.41) is 2.86. The van der Waals surface area contributed by atoms with Crippen molar-refractivity contribution in [1.29, 1.82) is 0 Å². The second-order valence-corrected chi connectivity index (χ2v) is 5.88. The summed E-state index contributed by atoms with van der Waals surface area (Å²) in [4.78, 5) is 14.0. The molecule has 0 aliphatic carbocycles. The van der Waals surface area contributed by atoms with Crippen molar-refractivity contribution in [3.05, 3.63) is 35.6 Å². The standard InChI is InChI=1S/C15H22FN3O.ClH/c1-15(10-17)6-7-19(11-15)9-14(20)18-8-12-2-4-13(16)5-3-12;/h2-5H,6-11,17H2,1H3,(H,18,20);1H. The van der Waals surface area contributed by atoms with Gasteiger partial charge in [-0.1, -0.05) is 19.1 Å². The van der Waals surface area contributed by atoms with Crippen LogP contribution >= 0.6 is 12.4 Å². The maximum absolute atomic E-state index is 12.8. The Bertz CT molecular complexity index is 468. The van der Waals surface area contributed by atoms with E-state index in [2.05, 4.69) is 17.1 Å². The largest absolute Gasteiger partial charge is 0.351 e. The summed E-state index contributed by atoms with van der Waals surface area (Å²) in [6.07, 6.45) is 1.04. The minimum atomic E-state index is -0.266. The van der Waals surface area contributed by atoms with E-state index in [0.29, 0.717) is 19.6 Å². The molecule has 1 aromatic carbocycles. The lowest BCUT2D eigenvalue weighted by molar-refractivity contribution is -0.122. The van der Waals surface area contributed by atoms with Gasteiger partial charge in [-0.25, -0.2) is 4.39 Å². The molecule has 1 aliphatic rings. The average Bonchev–Trinajstić information content (AvgIpc) is 2.80. The number of hydrogen-bond acceptors (Lipinski definition) is 3. The quantitative estimate of drug-likeness (QED) is 0.866. The van der Waals surface area contributed by atoms with Crippen molar-refractivity contribution < 1.29 is 9.18 Å². The third kappa shape index (κ3) is 5.26. The first-order chi connectivity index (χ1) is 9.50. The summed E-state index contributed by atoms with van der Waals surface area (Å²) in [5.41, 5.74) is 6.78. The van der Waals surface area contributed by atoms with E-state index >= 15 is 0 Å². The van der Waals surface area contributed by atoms with Gasteiger partial charge in [0, 0.05) is 13.1 Å². The Morgan fingerprint density at radius 2 is 2.10 bits per heavy atom. The summed E-state index contributed by atoms with van der Waals surface area (Å²) >= 11 is 0. The zero-order valence-electron chi connectivity index (χ0n) is 12.3. The van der Waals surface area contributed by atoms with Crippen LogP contribution in [-0.4, -0.2) is 37.0 Å². The molecule has 0 aromatic heterocycles. The fourth-order valence-corrected chi connectivity index (χ4v) is 2.49. The molecule has 6 heteroatoms. The lowest BCUT2D eigenvalue weighted by Gasteiger charge is -2.22. The van der Waals surface area contributed by atoms with Crippen molar-refractivity contribution in [3.8, 4) is 0 Å². The molecule has 1 heterocycles. The maximum Gasteiger partial charge on any atom is 0.234 e. The highest BCUT2D eigenvalue weighted by molar-refractivity contribution is 5.85. The van der Waals surface area contributed by atoms with Crippen LogP contribution in [0.1, 0.15) is 18.9 Å². The lowest BCUT2D eigenvalue weighted by Crippen LogP contribution is -2.38. The van der Waals surface area contributed by atoms with Crippen LogP contribution in [0.2, 0.25) is 0 Å². The van der Waals surface area contributed by atoms with Gasteiger partial charge in [0.1, 0.15) is 5.82 Å². The molecule has 3 N–H and O–H groups in total. The van der Waals surface area contributed by atoms with Gasteiger partial charge in [-0.2, -0.15) is 0 Å². The third-order valence-electron chi connectivity index (χ3n) is 3.90. The Morgan fingerprint density at radius 1 is 1.43 bits per heavy atom. The van der Waals surface area contributed by atoms with Gasteiger partial charge in [0.25, 0.3) is 0 Å². The highest BCUT2D eigenvalue weighted by Crippen LogP contribution is 2.27. The molecule has 0 spiro atoms. The topological polar surface area (TPSA) is 58.4 Å². The van der Waals surface area contributed by atoms with Crippen molar-refractivity contribution in [2.75, 3.05) is 26.2 Å². The maximum atomic E-state index is 12.8. The lowest BCUT2D eigenvalue weighted by atomic mass is 9.90. The Labute approximate surface area is 131 Å². The van der Waals surface area contributed by atoms with Crippen LogP contribution in [0, 0.1) is 11.2 Å². The van der Waals surface area contributed by atoms with Crippen LogP contribution in [0.25, 0.3) is 0 Å². The molecule has 118 valence electrons. The number of rotatable bonds is 5. The van der Waals surface area contributed by atoms with Gasteiger partial charge in [-0.15, -0.1) is 12.4 Å². The molecule has 1 saturated heterocycles. The molecule has 0 radical (unpaired) electrons. The zero-order chi connectivity index (χ0) is 14.6. The second kappa shape index (κ2) is 7.73. The SMILES string of the molecule is CC1(CN)CCN(CC(=O)NCc2ccc(F)cc2)C1.Cl. The average molecular weight is 316 g/mol. The van der Waals surface area contributed by atoms with Crippen molar-refractivity contribution in [2.24, 2.45) is 11.1 Å². The molecule has 1 fully saturated rings. The van der Waals surface area contributed by atoms with Gasteiger partial charge in [0.05, 0.1) is 6.54 Å². The van der Waals surface area contributed by atoms with E-state index in [9.17, 15) is 9.18 Å². The molecule has 1 unspecified atom stereocenters. The van der Waals surface area contributed by atoms with E-state index in [-0.39, 0.29) is 29.5 Å². The fourth-order valence-electron chi connectivity index (χ4n) is 2.49. The molecule has 1 aliphatic heterocycles. The molecule has 1 atom stereocenters. The Morgan fingerprint density at radius 3 is 2.67 bits per heavy atom. The number of nitrogens with zero attached hydrogens (tertiary/aromatic N) is 1. The number of amides is 1. The molecule has 2 rings (SSSR count). The molecule has 1 amide bonds. The van der Waals surface area contributed by atoms with Crippen molar-refractivity contribution in [1.82, 2.24) is 10.2 Å². The van der Waals surface area contributed by atoms with E-state index in [1.165, 1.54) is 12.1 Å². The van der Waals surface area contributed by atoms with Gasteiger partial charge >= 0.3 is 0 Å². The normalized spacial score (nSPS) is 21.9. The molecule has 21 heavy (non-hydrogen) atoms. The summed E-state index contributed by atoms with van der Waals surface area (Å²) < 4.78 is 12.8. The van der Waals surface area contributed by atoms with E-state index in [1.807, 2.05) is 0 Å². The van der Waals surface area contributed by atoms with Crippen LogP contribution in [0.4, 0.5) is 4.39 Å². The van der Waals surface area contributed by atoms with Gasteiger partial charge in [0.2, 0.25) is 5.91 Å². The third-order valence-corrected chi connectivity index (χ3v) is 3.90. The molecular formula is C15H23ClFN3O. The van der Waals surface area contributed by atoms with Crippen LogP contribution in [0.3, 0.4) is 0 Å². The number of benzene rings is 1. The van der Waals surface area contributed by atoms with Crippen molar-refractivity contribution >= 4 is 18.3 Å². The van der Waals surface area contributed by atoms with E-state index < -0.39 is 0 Å². The first-order valence-corrected chi connectivity index (χ1v) is 6.94. The minimum Gasteiger partial charge on any atom is -0.351 e. The van der Waals surface area contributed by atoms with E-state index in [1.54, 1.807) is 12.1 Å². The first kappa shape index (κ1) is 17.9. The summed E-state index contributed by atoms with van der Waals surface area (Å²) in [7, 11) is 0. The molecule has 4 nitrogen and oxygen atoms in total. The Hall–Kier alpha value is -1.17. The number of nitrogens with two attached hydrogens (primary N) is 1. The Balaban J connectivity index is 0.00000220. The van der Waals surface area contributed by atoms with Crippen LogP contribution < -0.4 is 11.1 Å². The number of nitrogens with one attached hydrogen (secondary N) is 1. The van der Waals surface area contributed by atoms with Gasteiger partial charge in [0.15, 0.2) is 0 Å². The number of carbonyl (C=O) groups is 1. The van der Waals surface area contributed by atoms with Crippen LogP contribution in [-0.2, 0) is 11.3 Å². The Kier molecular flexibility index (Phi) is 6.58. The molecule has 0 saturated carbocycles. The zero-order valence-corrected chi connectivity index (χ0v) is 13.1. The number of carbonyl (C=O) groups excluding carboxylic acids is 1. The van der Waals surface area contributed by atoms with Crippen LogP contribution in [0.5, 0.6) is 0 Å².